The van der Waals surface area contributed by atoms with Gasteiger partial charge < -0.3 is 14.0 Å². The third-order valence-corrected chi connectivity index (χ3v) is 4.38. The predicted octanol–water partition coefficient (Wildman–Crippen LogP) is 2.80. The van der Waals surface area contributed by atoms with Crippen LogP contribution in [-0.4, -0.2) is 24.3 Å². The van der Waals surface area contributed by atoms with Gasteiger partial charge in [-0.15, -0.1) is 0 Å². The number of nitriles is 1. The number of carbonyl (C=O) groups excluding carboxylic acids is 1. The van der Waals surface area contributed by atoms with Crippen molar-refractivity contribution in [1.82, 2.24) is 0 Å². The fraction of sp³-hybridized carbons (Fsp3) is 0.444. The lowest BCUT2D eigenvalue weighted by atomic mass is 9.79. The first-order chi connectivity index (χ1) is 11.2. The van der Waals surface area contributed by atoms with E-state index in [4.69, 9.17) is 19.3 Å². The van der Waals surface area contributed by atoms with Gasteiger partial charge in [0.05, 0.1) is 11.2 Å². The Morgan fingerprint density at radius 1 is 1.21 bits per heavy atom. The monoisotopic (exact) mass is 327 g/mol. The molecule has 2 rings (SSSR count). The van der Waals surface area contributed by atoms with Crippen molar-refractivity contribution in [3.63, 3.8) is 0 Å². The molecule has 126 valence electrons. The van der Waals surface area contributed by atoms with Crippen molar-refractivity contribution in [2.75, 3.05) is 0 Å². The molecule has 1 saturated heterocycles. The number of esters is 1. The highest BCUT2D eigenvalue weighted by Crippen LogP contribution is 2.36. The van der Waals surface area contributed by atoms with Gasteiger partial charge in [0.1, 0.15) is 6.07 Å². The molecule has 0 aromatic heterocycles. The summed E-state index contributed by atoms with van der Waals surface area (Å²) in [5.41, 5.74) is 0.877. The van der Waals surface area contributed by atoms with E-state index in [1.54, 1.807) is 6.92 Å². The van der Waals surface area contributed by atoms with Crippen LogP contribution in [0.5, 0.6) is 0 Å². The van der Waals surface area contributed by atoms with Gasteiger partial charge in [-0.05, 0) is 44.8 Å². The van der Waals surface area contributed by atoms with Gasteiger partial charge in [0.25, 0.3) is 0 Å². The van der Waals surface area contributed by atoms with Crippen LogP contribution < -0.4 is 5.46 Å². The van der Waals surface area contributed by atoms with Crippen molar-refractivity contribution in [2.24, 2.45) is 0 Å². The fourth-order valence-electron chi connectivity index (χ4n) is 2.16. The van der Waals surface area contributed by atoms with Gasteiger partial charge in [0, 0.05) is 6.42 Å². The smallest absolute Gasteiger partial charge is 0.415 e. The second-order valence-electron chi connectivity index (χ2n) is 6.70. The molecule has 0 bridgehead atoms. The zero-order valence-electron chi connectivity index (χ0n) is 14.8. The molecule has 24 heavy (non-hydrogen) atoms. The van der Waals surface area contributed by atoms with Gasteiger partial charge in [-0.1, -0.05) is 31.2 Å². The van der Waals surface area contributed by atoms with Crippen molar-refractivity contribution >= 4 is 24.6 Å². The minimum absolute atomic E-state index is 0.0229. The van der Waals surface area contributed by atoms with E-state index < -0.39 is 24.3 Å². The Balaban J connectivity index is 2.14. The maximum atomic E-state index is 11.3. The number of benzene rings is 1. The molecule has 0 spiro atoms. The summed E-state index contributed by atoms with van der Waals surface area (Å²) in [5.74, 6) is -0.457. The van der Waals surface area contributed by atoms with Gasteiger partial charge in [-0.25, -0.2) is 0 Å². The van der Waals surface area contributed by atoms with Crippen LogP contribution in [0.15, 0.2) is 30.0 Å². The van der Waals surface area contributed by atoms with Crippen LogP contribution in [0.3, 0.4) is 0 Å². The average Bonchev–Trinajstić information content (AvgIpc) is 2.75. The molecule has 0 saturated carbocycles. The van der Waals surface area contributed by atoms with Crippen molar-refractivity contribution < 1.29 is 18.8 Å². The van der Waals surface area contributed by atoms with Crippen molar-refractivity contribution in [1.29, 1.82) is 5.26 Å². The second-order valence-corrected chi connectivity index (χ2v) is 6.70. The SMILES string of the molecule is CCC(=O)O/C(C#N)=C/c1ccc(B2OC(C)(C)C(C)(C)O2)cc1. The Kier molecular flexibility index (Phi) is 5.17. The average molecular weight is 327 g/mol. The van der Waals surface area contributed by atoms with E-state index in [-0.39, 0.29) is 12.2 Å². The highest BCUT2D eigenvalue weighted by Gasteiger charge is 2.51. The number of nitrogens with zero attached hydrogens (tertiary/aromatic N) is 1. The van der Waals surface area contributed by atoms with Crippen LogP contribution in [-0.2, 0) is 18.8 Å². The van der Waals surface area contributed by atoms with Crippen LogP contribution in [0.4, 0.5) is 0 Å². The third-order valence-electron chi connectivity index (χ3n) is 4.38. The summed E-state index contributed by atoms with van der Waals surface area (Å²) in [6, 6.07) is 9.30. The summed E-state index contributed by atoms with van der Waals surface area (Å²) in [6.45, 7) is 9.70. The van der Waals surface area contributed by atoms with Crippen LogP contribution >= 0.6 is 0 Å². The molecular formula is C18H22BNO4. The third kappa shape index (κ3) is 3.86. The quantitative estimate of drug-likeness (QED) is 0.368. The topological polar surface area (TPSA) is 68.6 Å². The summed E-state index contributed by atoms with van der Waals surface area (Å²) >= 11 is 0. The van der Waals surface area contributed by atoms with Gasteiger partial charge in [0.2, 0.25) is 5.76 Å². The molecule has 0 N–H and O–H groups in total. The van der Waals surface area contributed by atoms with E-state index in [1.165, 1.54) is 6.08 Å². The maximum Gasteiger partial charge on any atom is 0.494 e. The first-order valence-electron chi connectivity index (χ1n) is 7.96. The minimum Gasteiger partial charge on any atom is -0.415 e. The van der Waals surface area contributed by atoms with Gasteiger partial charge in [0.15, 0.2) is 0 Å². The first-order valence-corrected chi connectivity index (χ1v) is 7.96. The lowest BCUT2D eigenvalue weighted by Crippen LogP contribution is -2.41. The second kappa shape index (κ2) is 6.80. The van der Waals surface area contributed by atoms with E-state index in [0.717, 1.165) is 11.0 Å². The normalized spacial score (nSPS) is 19.0. The lowest BCUT2D eigenvalue weighted by molar-refractivity contribution is -0.138. The Labute approximate surface area is 143 Å². The zero-order chi connectivity index (χ0) is 18.0. The molecule has 1 aromatic rings. The van der Waals surface area contributed by atoms with E-state index in [9.17, 15) is 4.79 Å². The maximum absolute atomic E-state index is 11.3. The van der Waals surface area contributed by atoms with E-state index in [1.807, 2.05) is 58.0 Å². The van der Waals surface area contributed by atoms with Gasteiger partial charge in [-0.2, -0.15) is 5.26 Å². The number of hydrogen-bond acceptors (Lipinski definition) is 5. The van der Waals surface area contributed by atoms with Crippen molar-refractivity contribution in [2.45, 2.75) is 52.2 Å². The van der Waals surface area contributed by atoms with Crippen LogP contribution in [0.25, 0.3) is 6.08 Å². The molecule has 1 aromatic carbocycles. The minimum atomic E-state index is -0.434. The van der Waals surface area contributed by atoms with Crippen molar-refractivity contribution in [3.8, 4) is 6.07 Å². The van der Waals surface area contributed by atoms with Crippen LogP contribution in [0.2, 0.25) is 0 Å². The Hall–Kier alpha value is -2.10. The fourth-order valence-corrected chi connectivity index (χ4v) is 2.16. The summed E-state index contributed by atoms with van der Waals surface area (Å²) in [5, 5.41) is 9.04. The highest BCUT2D eigenvalue weighted by atomic mass is 16.7. The molecule has 0 aliphatic carbocycles. The molecule has 0 unspecified atom stereocenters. The Morgan fingerprint density at radius 2 is 1.75 bits per heavy atom. The highest BCUT2D eigenvalue weighted by molar-refractivity contribution is 6.62. The number of ether oxygens (including phenoxy) is 1. The van der Waals surface area contributed by atoms with Crippen LogP contribution in [0, 0.1) is 11.3 Å². The van der Waals surface area contributed by atoms with E-state index in [0.29, 0.717) is 0 Å². The molecule has 1 aliphatic heterocycles. The largest absolute Gasteiger partial charge is 0.494 e. The zero-order valence-corrected chi connectivity index (χ0v) is 14.8. The molecule has 1 aliphatic rings. The standard InChI is InChI=1S/C18H22BNO4/c1-6-16(21)22-15(12-20)11-13-7-9-14(10-8-13)19-23-17(2,3)18(4,5)24-19/h7-11H,6H2,1-5H3/b15-11+. The van der Waals surface area contributed by atoms with E-state index >= 15 is 0 Å². The molecule has 0 amide bonds. The number of hydrogen-bond donors (Lipinski definition) is 0. The van der Waals surface area contributed by atoms with Gasteiger partial charge in [-0.3, -0.25) is 4.79 Å². The van der Waals surface area contributed by atoms with Crippen molar-refractivity contribution in [3.05, 3.63) is 35.6 Å². The summed E-state index contributed by atoms with van der Waals surface area (Å²) in [6.07, 6.45) is 1.75. The lowest BCUT2D eigenvalue weighted by Gasteiger charge is -2.32. The molecule has 6 heteroatoms. The number of rotatable bonds is 4. The molecule has 0 atom stereocenters. The number of allylic oxidation sites excluding steroid dienone is 1. The Morgan fingerprint density at radius 3 is 2.21 bits per heavy atom. The molecule has 5 nitrogen and oxygen atoms in total. The number of carbonyl (C=O) groups is 1. The molecule has 1 heterocycles. The first kappa shape index (κ1) is 18.2. The summed E-state index contributed by atoms with van der Waals surface area (Å²) in [7, 11) is -0.429. The molecule has 0 radical (unpaired) electrons. The summed E-state index contributed by atoms with van der Waals surface area (Å²) < 4.78 is 16.9. The summed E-state index contributed by atoms with van der Waals surface area (Å²) in [4.78, 5) is 11.3. The molecule has 1 fully saturated rings. The molecular weight excluding hydrogens is 305 g/mol. The predicted molar refractivity (Wildman–Crippen MR) is 92.1 cm³/mol. The van der Waals surface area contributed by atoms with E-state index in [2.05, 4.69) is 0 Å². The van der Waals surface area contributed by atoms with Gasteiger partial charge >= 0.3 is 13.1 Å². The Bertz CT molecular complexity index is 670. The van der Waals surface area contributed by atoms with Crippen LogP contribution in [0.1, 0.15) is 46.6 Å².